The number of nitrogens with one attached hydrogen (secondary N) is 2. The number of rotatable bonds is 11. The third-order valence-electron chi connectivity index (χ3n) is 5.27. The number of carbonyl (C=O) groups excluding carboxylic acids is 3. The van der Waals surface area contributed by atoms with E-state index in [-0.39, 0.29) is 38.9 Å². The summed E-state index contributed by atoms with van der Waals surface area (Å²) >= 11 is 2.03. The molecule has 202 valence electrons. The number of benzene rings is 2. The Morgan fingerprint density at radius 1 is 0.974 bits per heavy atom. The summed E-state index contributed by atoms with van der Waals surface area (Å²) in [7, 11) is 0. The first-order valence-electron chi connectivity index (χ1n) is 12.1. The molecule has 0 atom stereocenters. The van der Waals surface area contributed by atoms with Crippen LogP contribution in [0.25, 0.3) is 11.5 Å². The summed E-state index contributed by atoms with van der Waals surface area (Å²) in [5.74, 6) is -0.614. The molecule has 10 nitrogen and oxygen atoms in total. The highest BCUT2D eigenvalue weighted by molar-refractivity contribution is 7.99. The minimum Gasteiger partial charge on any atom is -0.493 e. The van der Waals surface area contributed by atoms with Crippen LogP contribution in [0.4, 0.5) is 10.7 Å². The van der Waals surface area contributed by atoms with Gasteiger partial charge in [0.05, 0.1) is 30.1 Å². The molecular weight excluding hydrogens is 540 g/mol. The van der Waals surface area contributed by atoms with Gasteiger partial charge in [0.2, 0.25) is 5.91 Å². The first kappa shape index (κ1) is 27.9. The minimum absolute atomic E-state index is 0.0693. The highest BCUT2D eigenvalue weighted by Crippen LogP contribution is 2.35. The van der Waals surface area contributed by atoms with Crippen LogP contribution in [-0.4, -0.2) is 46.9 Å². The van der Waals surface area contributed by atoms with Crippen LogP contribution in [0.5, 0.6) is 5.75 Å². The zero-order chi connectivity index (χ0) is 27.8. The first-order chi connectivity index (χ1) is 18.9. The smallest absolute Gasteiger partial charge is 0.348 e. The molecular formula is C27H26N4O6S2. The number of hydrogen-bond acceptors (Lipinski definition) is 10. The molecule has 0 aliphatic heterocycles. The monoisotopic (exact) mass is 566 g/mol. The summed E-state index contributed by atoms with van der Waals surface area (Å²) < 4.78 is 16.5. The van der Waals surface area contributed by atoms with E-state index in [1.807, 2.05) is 37.3 Å². The number of carbonyl (C=O) groups is 3. The largest absolute Gasteiger partial charge is 0.493 e. The van der Waals surface area contributed by atoms with Gasteiger partial charge in [-0.05, 0) is 50.6 Å². The van der Waals surface area contributed by atoms with Gasteiger partial charge in [-0.25, -0.2) is 4.79 Å². The van der Waals surface area contributed by atoms with Gasteiger partial charge in [0.15, 0.2) is 0 Å². The van der Waals surface area contributed by atoms with Crippen LogP contribution in [0.1, 0.15) is 39.4 Å². The Morgan fingerprint density at radius 3 is 2.46 bits per heavy atom. The molecule has 12 heteroatoms. The molecule has 2 aromatic carbocycles. The van der Waals surface area contributed by atoms with Gasteiger partial charge < -0.3 is 24.5 Å². The average molecular weight is 567 g/mol. The van der Waals surface area contributed by atoms with Crippen molar-refractivity contribution in [1.29, 1.82) is 0 Å². The Labute approximate surface area is 233 Å². The topological polar surface area (TPSA) is 133 Å². The van der Waals surface area contributed by atoms with Gasteiger partial charge >= 0.3 is 5.97 Å². The van der Waals surface area contributed by atoms with Gasteiger partial charge in [0.1, 0.15) is 15.6 Å². The maximum Gasteiger partial charge on any atom is 0.348 e. The van der Waals surface area contributed by atoms with Gasteiger partial charge in [0.25, 0.3) is 17.0 Å². The number of hydrogen-bond donors (Lipinski definition) is 2. The molecule has 0 saturated heterocycles. The Balaban J connectivity index is 1.49. The average Bonchev–Trinajstić information content (AvgIpc) is 3.53. The van der Waals surface area contributed by atoms with E-state index in [0.29, 0.717) is 29.2 Å². The maximum absolute atomic E-state index is 13.2. The number of esters is 1. The third kappa shape index (κ3) is 6.84. The molecule has 0 spiro atoms. The number of nitrogens with zero attached hydrogens (tertiary/aromatic N) is 2. The molecule has 0 fully saturated rings. The van der Waals surface area contributed by atoms with E-state index in [1.54, 1.807) is 38.1 Å². The Morgan fingerprint density at radius 2 is 1.72 bits per heavy atom. The van der Waals surface area contributed by atoms with Crippen molar-refractivity contribution < 1.29 is 28.3 Å². The lowest BCUT2D eigenvalue weighted by atomic mass is 10.1. The highest BCUT2D eigenvalue weighted by atomic mass is 32.2. The van der Waals surface area contributed by atoms with Crippen molar-refractivity contribution in [3.63, 3.8) is 0 Å². The van der Waals surface area contributed by atoms with E-state index < -0.39 is 17.8 Å². The normalized spacial score (nSPS) is 10.6. The summed E-state index contributed by atoms with van der Waals surface area (Å²) in [6, 6.07) is 16.2. The molecule has 2 heterocycles. The first-order valence-corrected chi connectivity index (χ1v) is 13.9. The highest BCUT2D eigenvalue weighted by Gasteiger charge is 2.27. The quantitative estimate of drug-likeness (QED) is 0.174. The summed E-state index contributed by atoms with van der Waals surface area (Å²) in [5, 5.41) is 14.1. The van der Waals surface area contributed by atoms with Crippen LogP contribution in [0.15, 0.2) is 64.2 Å². The Hall–Kier alpha value is -4.16. The molecule has 0 saturated carbocycles. The van der Waals surface area contributed by atoms with Crippen molar-refractivity contribution in [3.05, 3.63) is 70.6 Å². The third-order valence-corrected chi connectivity index (χ3v) is 7.28. The van der Waals surface area contributed by atoms with Crippen LogP contribution < -0.4 is 15.4 Å². The van der Waals surface area contributed by atoms with Crippen molar-refractivity contribution in [2.45, 2.75) is 26.0 Å². The minimum atomic E-state index is -0.561. The second kappa shape index (κ2) is 13.1. The van der Waals surface area contributed by atoms with Gasteiger partial charge in [-0.15, -0.1) is 21.5 Å². The van der Waals surface area contributed by atoms with Gasteiger partial charge in [0, 0.05) is 5.69 Å². The summed E-state index contributed by atoms with van der Waals surface area (Å²) in [6.45, 7) is 5.89. The predicted molar refractivity (Wildman–Crippen MR) is 150 cm³/mol. The molecule has 4 rings (SSSR count). The Bertz CT molecular complexity index is 1470. The number of para-hydroxylation sites is 2. The fourth-order valence-electron chi connectivity index (χ4n) is 3.57. The lowest BCUT2D eigenvalue weighted by molar-refractivity contribution is -0.113. The number of aromatic nitrogens is 2. The molecule has 39 heavy (non-hydrogen) atoms. The van der Waals surface area contributed by atoms with Crippen LogP contribution in [0.3, 0.4) is 0 Å². The molecule has 2 aromatic heterocycles. The zero-order valence-electron chi connectivity index (χ0n) is 21.5. The number of amides is 2. The lowest BCUT2D eigenvalue weighted by Crippen LogP contribution is -2.18. The standard InChI is InChI=1S/C27H26N4O6S2/c1-4-35-19-14-10-9-13-18(19)24-30-31-27(37-24)38-15-20(32)29-25-21(16(3)22(39-25)26(34)36-5-2)23(33)28-17-11-7-6-8-12-17/h6-14H,4-5,15H2,1-3H3,(H,28,33)(H,29,32). The van der Waals surface area contributed by atoms with E-state index in [9.17, 15) is 14.4 Å². The summed E-state index contributed by atoms with van der Waals surface area (Å²) in [4.78, 5) is 38.8. The molecule has 0 aliphatic rings. The SMILES string of the molecule is CCOC(=O)c1sc(NC(=O)CSc2nnc(-c3ccccc3OCC)o2)c(C(=O)Nc2ccccc2)c1C. The Kier molecular flexibility index (Phi) is 9.34. The van der Waals surface area contributed by atoms with Gasteiger partial charge in [-0.2, -0.15) is 0 Å². The van der Waals surface area contributed by atoms with Crippen LogP contribution >= 0.6 is 23.1 Å². The predicted octanol–water partition coefficient (Wildman–Crippen LogP) is 5.67. The van der Waals surface area contributed by atoms with Gasteiger partial charge in [-0.1, -0.05) is 42.1 Å². The van der Waals surface area contributed by atoms with Crippen molar-refractivity contribution in [1.82, 2.24) is 10.2 Å². The van der Waals surface area contributed by atoms with E-state index in [1.165, 1.54) is 0 Å². The molecule has 4 aromatic rings. The van der Waals surface area contributed by atoms with Crippen molar-refractivity contribution >= 4 is 51.6 Å². The molecule has 0 aliphatic carbocycles. The zero-order valence-corrected chi connectivity index (χ0v) is 23.1. The number of anilines is 2. The fraction of sp³-hybridized carbons (Fsp3) is 0.222. The number of thiophene rings is 1. The second-order valence-electron chi connectivity index (χ2n) is 7.94. The van der Waals surface area contributed by atoms with E-state index >= 15 is 0 Å². The van der Waals surface area contributed by atoms with Crippen LogP contribution in [0.2, 0.25) is 0 Å². The molecule has 2 N–H and O–H groups in total. The molecule has 2 amide bonds. The van der Waals surface area contributed by atoms with E-state index in [2.05, 4.69) is 20.8 Å². The van der Waals surface area contributed by atoms with Crippen molar-refractivity contribution in [3.8, 4) is 17.2 Å². The molecule has 0 unspecified atom stereocenters. The van der Waals surface area contributed by atoms with Crippen molar-refractivity contribution in [2.75, 3.05) is 29.6 Å². The summed E-state index contributed by atoms with van der Waals surface area (Å²) in [5.41, 5.74) is 1.84. The second-order valence-corrected chi connectivity index (χ2v) is 9.89. The van der Waals surface area contributed by atoms with Crippen LogP contribution in [0, 0.1) is 6.92 Å². The van der Waals surface area contributed by atoms with Crippen LogP contribution in [-0.2, 0) is 9.53 Å². The maximum atomic E-state index is 13.2. The van der Waals surface area contributed by atoms with Gasteiger partial charge in [-0.3, -0.25) is 9.59 Å². The number of ether oxygens (including phenoxy) is 2. The fourth-order valence-corrected chi connectivity index (χ4v) is 5.25. The van der Waals surface area contributed by atoms with Crippen molar-refractivity contribution in [2.24, 2.45) is 0 Å². The lowest BCUT2D eigenvalue weighted by Gasteiger charge is -2.08. The van der Waals surface area contributed by atoms with E-state index in [4.69, 9.17) is 13.9 Å². The van der Waals surface area contributed by atoms with E-state index in [0.717, 1.165) is 23.1 Å². The molecule has 0 bridgehead atoms. The molecule has 0 radical (unpaired) electrons. The summed E-state index contributed by atoms with van der Waals surface area (Å²) in [6.07, 6.45) is 0. The number of thioether (sulfide) groups is 1.